The molecule has 0 saturated carbocycles. The molecule has 1 aromatic heterocycles. The Morgan fingerprint density at radius 3 is 2.48 bits per heavy atom. The average molecular weight is 451 g/mol. The second kappa shape index (κ2) is 10.2. The number of aliphatic hydroxyl groups is 1. The lowest BCUT2D eigenvalue weighted by atomic mass is 9.84. The number of carbonyl (C=O) groups is 2. The van der Waals surface area contributed by atoms with Crippen LogP contribution in [0.5, 0.6) is 5.75 Å². The fraction of sp³-hybridized carbons (Fsp3) is 0.444. The Morgan fingerprint density at radius 1 is 1.12 bits per heavy atom. The highest BCUT2D eigenvalue weighted by atomic mass is 16.5. The summed E-state index contributed by atoms with van der Waals surface area (Å²) in [4.78, 5) is 32.1. The third-order valence-electron chi connectivity index (χ3n) is 5.87. The van der Waals surface area contributed by atoms with Gasteiger partial charge in [0.2, 0.25) is 0 Å². The number of likely N-dealkylation sites (tertiary alicyclic amines) is 1. The molecule has 6 nitrogen and oxygen atoms in total. The summed E-state index contributed by atoms with van der Waals surface area (Å²) in [7, 11) is 0. The van der Waals surface area contributed by atoms with Crippen LogP contribution >= 0.6 is 0 Å². The van der Waals surface area contributed by atoms with Gasteiger partial charge in [0.1, 0.15) is 17.6 Å². The number of hydrogen-bond donors (Lipinski definition) is 1. The molecule has 1 atom stereocenters. The van der Waals surface area contributed by atoms with Gasteiger partial charge in [-0.05, 0) is 49.1 Å². The zero-order valence-corrected chi connectivity index (χ0v) is 20.2. The minimum absolute atomic E-state index is 0.0826. The highest BCUT2D eigenvalue weighted by Crippen LogP contribution is 2.40. The molecular weight excluding hydrogens is 416 g/mol. The van der Waals surface area contributed by atoms with Crippen molar-refractivity contribution in [3.63, 3.8) is 0 Å². The molecule has 0 spiro atoms. The zero-order valence-electron chi connectivity index (χ0n) is 20.2. The first-order valence-electron chi connectivity index (χ1n) is 11.7. The summed E-state index contributed by atoms with van der Waals surface area (Å²) in [6.45, 7) is 11.2. The lowest BCUT2D eigenvalue weighted by Gasteiger charge is -2.25. The molecule has 1 unspecified atom stereocenters. The number of unbranched alkanes of at least 4 members (excludes halogenated alkanes) is 2. The number of aromatic nitrogens is 1. The van der Waals surface area contributed by atoms with Crippen LogP contribution in [0.25, 0.3) is 5.76 Å². The Bertz CT molecular complexity index is 1040. The van der Waals surface area contributed by atoms with Crippen molar-refractivity contribution in [2.75, 3.05) is 13.2 Å². The average Bonchev–Trinajstić information content (AvgIpc) is 3.04. The lowest BCUT2D eigenvalue weighted by molar-refractivity contribution is -0.140. The van der Waals surface area contributed by atoms with E-state index < -0.39 is 17.7 Å². The normalized spacial score (nSPS) is 18.1. The number of amides is 1. The minimum Gasteiger partial charge on any atom is -0.507 e. The van der Waals surface area contributed by atoms with E-state index in [1.807, 2.05) is 25.1 Å². The van der Waals surface area contributed by atoms with E-state index in [0.29, 0.717) is 24.4 Å². The molecular formula is C27H34N2O4. The largest absolute Gasteiger partial charge is 0.507 e. The van der Waals surface area contributed by atoms with Gasteiger partial charge in [-0.15, -0.1) is 0 Å². The molecule has 1 aliphatic heterocycles. The summed E-state index contributed by atoms with van der Waals surface area (Å²) in [6, 6.07) is 10.1. The van der Waals surface area contributed by atoms with E-state index in [9.17, 15) is 14.7 Å². The molecule has 176 valence electrons. The van der Waals surface area contributed by atoms with Crippen LogP contribution in [-0.2, 0) is 15.0 Å². The van der Waals surface area contributed by atoms with Crippen LogP contribution in [-0.4, -0.2) is 39.8 Å². The van der Waals surface area contributed by atoms with Gasteiger partial charge in [-0.3, -0.25) is 14.6 Å². The standard InChI is InChI=1S/C27H34N2O4/c1-6-8-11-16-29-23(20-12-9-10-15-28-20)22(25(31)26(29)32)24(30)18-13-14-21(33-7-2)19(17-18)27(3,4)5/h9-10,12-15,17,23,30H,6-8,11,16H2,1-5H3/b24-22-. The predicted octanol–water partition coefficient (Wildman–Crippen LogP) is 5.39. The maximum atomic E-state index is 13.1. The molecule has 33 heavy (non-hydrogen) atoms. The Kier molecular flexibility index (Phi) is 7.57. The van der Waals surface area contributed by atoms with Gasteiger partial charge >= 0.3 is 0 Å². The third-order valence-corrected chi connectivity index (χ3v) is 5.87. The summed E-state index contributed by atoms with van der Waals surface area (Å²) in [5.74, 6) is -0.713. The molecule has 1 aliphatic rings. The van der Waals surface area contributed by atoms with Gasteiger partial charge in [-0.2, -0.15) is 0 Å². The highest BCUT2D eigenvalue weighted by Gasteiger charge is 2.46. The van der Waals surface area contributed by atoms with Gasteiger partial charge in [0.25, 0.3) is 11.7 Å². The maximum Gasteiger partial charge on any atom is 0.295 e. The van der Waals surface area contributed by atoms with E-state index in [-0.39, 0.29) is 16.7 Å². The monoisotopic (exact) mass is 450 g/mol. The first kappa shape index (κ1) is 24.5. The van der Waals surface area contributed by atoms with Crippen LogP contribution in [0.1, 0.15) is 76.7 Å². The fourth-order valence-electron chi connectivity index (χ4n) is 4.19. The summed E-state index contributed by atoms with van der Waals surface area (Å²) in [5.41, 5.74) is 1.81. The van der Waals surface area contributed by atoms with Gasteiger partial charge in [0.15, 0.2) is 0 Å². The first-order chi connectivity index (χ1) is 15.7. The van der Waals surface area contributed by atoms with Crippen LogP contribution in [0.15, 0.2) is 48.2 Å². The van der Waals surface area contributed by atoms with Gasteiger partial charge in [-0.1, -0.05) is 46.6 Å². The molecule has 0 aliphatic carbocycles. The van der Waals surface area contributed by atoms with E-state index in [2.05, 4.69) is 32.7 Å². The Labute approximate surface area is 196 Å². The number of ketones is 1. The van der Waals surface area contributed by atoms with Crippen molar-refractivity contribution in [3.8, 4) is 5.75 Å². The molecule has 1 saturated heterocycles. The van der Waals surface area contributed by atoms with Crippen LogP contribution in [0, 0.1) is 0 Å². The van der Waals surface area contributed by atoms with Crippen LogP contribution < -0.4 is 4.74 Å². The van der Waals surface area contributed by atoms with E-state index in [1.54, 1.807) is 29.3 Å². The van der Waals surface area contributed by atoms with E-state index >= 15 is 0 Å². The summed E-state index contributed by atoms with van der Waals surface area (Å²) in [6.07, 6.45) is 4.37. The topological polar surface area (TPSA) is 79.7 Å². The number of hydrogen-bond acceptors (Lipinski definition) is 5. The number of carbonyl (C=O) groups excluding carboxylic acids is 2. The van der Waals surface area contributed by atoms with Gasteiger partial charge < -0.3 is 14.7 Å². The minimum atomic E-state index is -0.715. The number of benzene rings is 1. The van der Waals surface area contributed by atoms with Gasteiger partial charge in [0, 0.05) is 23.9 Å². The predicted molar refractivity (Wildman–Crippen MR) is 129 cm³/mol. The Hall–Kier alpha value is -3.15. The van der Waals surface area contributed by atoms with E-state index in [0.717, 1.165) is 30.6 Å². The third kappa shape index (κ3) is 5.10. The van der Waals surface area contributed by atoms with Gasteiger partial charge in [-0.25, -0.2) is 0 Å². The zero-order chi connectivity index (χ0) is 24.2. The number of Topliss-reactive ketones (excluding diaryl/α,β-unsaturated/α-hetero) is 1. The van der Waals surface area contributed by atoms with Crippen molar-refractivity contribution < 1.29 is 19.4 Å². The molecule has 3 rings (SSSR count). The molecule has 2 heterocycles. The quantitative estimate of drug-likeness (QED) is 0.252. The first-order valence-corrected chi connectivity index (χ1v) is 11.7. The number of aliphatic hydroxyl groups excluding tert-OH is 1. The molecule has 2 aromatic rings. The molecule has 1 fully saturated rings. The Balaban J connectivity index is 2.15. The molecule has 0 bridgehead atoms. The highest BCUT2D eigenvalue weighted by molar-refractivity contribution is 6.46. The van der Waals surface area contributed by atoms with E-state index in [1.165, 1.54) is 0 Å². The smallest absolute Gasteiger partial charge is 0.295 e. The summed E-state index contributed by atoms with van der Waals surface area (Å²) in [5, 5.41) is 11.4. The van der Waals surface area contributed by atoms with Crippen molar-refractivity contribution >= 4 is 17.4 Å². The molecule has 0 radical (unpaired) electrons. The number of ether oxygens (including phenoxy) is 1. The lowest BCUT2D eigenvalue weighted by Crippen LogP contribution is -2.31. The van der Waals surface area contributed by atoms with Gasteiger partial charge in [0.05, 0.1) is 17.9 Å². The molecule has 1 aromatic carbocycles. The maximum absolute atomic E-state index is 13.1. The summed E-state index contributed by atoms with van der Waals surface area (Å²) < 4.78 is 5.79. The van der Waals surface area contributed by atoms with Crippen LogP contribution in [0.2, 0.25) is 0 Å². The van der Waals surface area contributed by atoms with Crippen molar-refractivity contribution in [2.24, 2.45) is 0 Å². The molecule has 1 amide bonds. The van der Waals surface area contributed by atoms with Crippen LogP contribution in [0.3, 0.4) is 0 Å². The second-order valence-corrected chi connectivity index (χ2v) is 9.35. The van der Waals surface area contributed by atoms with Crippen LogP contribution in [0.4, 0.5) is 0 Å². The SMILES string of the molecule is CCCCCN1C(=O)C(=O)/C(=C(\O)c2ccc(OCC)c(C(C)(C)C)c2)C1c1ccccn1. The fourth-order valence-corrected chi connectivity index (χ4v) is 4.19. The Morgan fingerprint density at radius 2 is 1.88 bits per heavy atom. The van der Waals surface area contributed by atoms with Crippen molar-refractivity contribution in [1.82, 2.24) is 9.88 Å². The van der Waals surface area contributed by atoms with Crippen molar-refractivity contribution in [3.05, 3.63) is 65.0 Å². The number of pyridine rings is 1. The van der Waals surface area contributed by atoms with E-state index in [4.69, 9.17) is 4.74 Å². The van der Waals surface area contributed by atoms with Crippen molar-refractivity contribution in [1.29, 1.82) is 0 Å². The second-order valence-electron chi connectivity index (χ2n) is 9.35. The molecule has 1 N–H and O–H groups in total. The number of rotatable bonds is 8. The van der Waals surface area contributed by atoms with Crippen molar-refractivity contribution in [2.45, 2.75) is 65.3 Å². The molecule has 6 heteroatoms. The summed E-state index contributed by atoms with van der Waals surface area (Å²) >= 11 is 0. The number of nitrogens with zero attached hydrogens (tertiary/aromatic N) is 2.